The Hall–Kier alpha value is -4.00. The van der Waals surface area contributed by atoms with Crippen LogP contribution in [0.2, 0.25) is 0 Å². The van der Waals surface area contributed by atoms with Gasteiger partial charge in [0.05, 0.1) is 6.21 Å². The molecule has 3 aromatic carbocycles. The van der Waals surface area contributed by atoms with Crippen LogP contribution in [0, 0.1) is 12.7 Å². The molecular formula is C23H20FN3O3. The van der Waals surface area contributed by atoms with Gasteiger partial charge in [-0.15, -0.1) is 0 Å². The minimum atomic E-state index is -0.872. The molecule has 0 radical (unpaired) electrons. The van der Waals surface area contributed by atoms with Crippen LogP contribution in [-0.2, 0) is 16.2 Å². The summed E-state index contributed by atoms with van der Waals surface area (Å²) in [6.07, 6.45) is 1.41. The van der Waals surface area contributed by atoms with Crippen LogP contribution >= 0.6 is 0 Å². The minimum absolute atomic E-state index is 0.247. The second kappa shape index (κ2) is 9.97. The molecule has 0 saturated carbocycles. The summed E-state index contributed by atoms with van der Waals surface area (Å²) in [5.74, 6) is -1.38. The number of hydrazone groups is 1. The number of hydrogen-bond donors (Lipinski definition) is 2. The second-order valence-electron chi connectivity index (χ2n) is 6.51. The summed E-state index contributed by atoms with van der Waals surface area (Å²) in [7, 11) is 0. The largest absolute Gasteiger partial charge is 0.489 e. The molecule has 30 heavy (non-hydrogen) atoms. The van der Waals surface area contributed by atoms with Crippen molar-refractivity contribution in [2.45, 2.75) is 13.5 Å². The molecule has 0 saturated heterocycles. The maximum absolute atomic E-state index is 13.2. The predicted molar refractivity (Wildman–Crippen MR) is 113 cm³/mol. The lowest BCUT2D eigenvalue weighted by Gasteiger charge is -2.06. The van der Waals surface area contributed by atoms with E-state index in [4.69, 9.17) is 4.74 Å². The zero-order valence-corrected chi connectivity index (χ0v) is 16.3. The third-order valence-electron chi connectivity index (χ3n) is 4.04. The number of nitrogens with one attached hydrogen (secondary N) is 2. The van der Waals surface area contributed by atoms with E-state index in [0.29, 0.717) is 17.0 Å². The molecule has 0 bridgehead atoms. The van der Waals surface area contributed by atoms with E-state index in [1.165, 1.54) is 18.3 Å². The number of hydrogen-bond acceptors (Lipinski definition) is 4. The summed E-state index contributed by atoms with van der Waals surface area (Å²) in [5, 5.41) is 6.29. The Morgan fingerprint density at radius 2 is 1.77 bits per heavy atom. The Labute approximate surface area is 173 Å². The van der Waals surface area contributed by atoms with Gasteiger partial charge in [0, 0.05) is 5.69 Å². The zero-order valence-electron chi connectivity index (χ0n) is 16.3. The number of anilines is 1. The lowest BCUT2D eigenvalue weighted by Crippen LogP contribution is -2.32. The van der Waals surface area contributed by atoms with Crippen molar-refractivity contribution < 1.29 is 18.7 Å². The van der Waals surface area contributed by atoms with Crippen LogP contribution in [0.25, 0.3) is 0 Å². The number of aryl methyl sites for hydroxylation is 1. The molecule has 7 heteroatoms. The van der Waals surface area contributed by atoms with Gasteiger partial charge in [-0.3, -0.25) is 9.59 Å². The van der Waals surface area contributed by atoms with E-state index in [9.17, 15) is 14.0 Å². The lowest BCUT2D eigenvalue weighted by molar-refractivity contribution is -0.136. The van der Waals surface area contributed by atoms with Crippen LogP contribution < -0.4 is 15.5 Å². The number of carbonyl (C=O) groups excluding carboxylic acids is 2. The molecule has 2 amide bonds. The zero-order chi connectivity index (χ0) is 21.3. The second-order valence-corrected chi connectivity index (χ2v) is 6.51. The maximum atomic E-state index is 13.2. The minimum Gasteiger partial charge on any atom is -0.489 e. The molecule has 0 aromatic heterocycles. The molecule has 0 aliphatic carbocycles. The van der Waals surface area contributed by atoms with Gasteiger partial charge in [-0.1, -0.05) is 24.3 Å². The van der Waals surface area contributed by atoms with Gasteiger partial charge in [0.2, 0.25) is 0 Å². The van der Waals surface area contributed by atoms with E-state index in [1.807, 2.05) is 13.0 Å². The molecule has 0 fully saturated rings. The van der Waals surface area contributed by atoms with E-state index >= 15 is 0 Å². The molecule has 6 nitrogen and oxygen atoms in total. The van der Waals surface area contributed by atoms with E-state index in [-0.39, 0.29) is 12.4 Å². The molecule has 152 valence electrons. The monoisotopic (exact) mass is 405 g/mol. The van der Waals surface area contributed by atoms with Gasteiger partial charge >= 0.3 is 11.8 Å². The molecule has 3 aromatic rings. The highest BCUT2D eigenvalue weighted by Gasteiger charge is 2.12. The van der Waals surface area contributed by atoms with Crippen LogP contribution in [-0.4, -0.2) is 18.0 Å². The number of benzene rings is 3. The standard InChI is InChI=1S/C23H20FN3O3/c1-16-4-2-7-20(12-16)26-22(28)23(29)27-25-14-17-8-10-21(11-9-17)30-15-18-5-3-6-19(24)13-18/h2-14H,15H2,1H3,(H,26,28)(H,27,29)/b25-14-. The van der Waals surface area contributed by atoms with Gasteiger partial charge < -0.3 is 10.1 Å². The molecule has 0 aliphatic rings. The van der Waals surface area contributed by atoms with Crippen LogP contribution in [0.3, 0.4) is 0 Å². The Balaban J connectivity index is 1.47. The van der Waals surface area contributed by atoms with Gasteiger partial charge in [0.15, 0.2) is 0 Å². The van der Waals surface area contributed by atoms with Gasteiger partial charge in [-0.05, 0) is 72.1 Å². The quantitative estimate of drug-likeness (QED) is 0.372. The molecule has 0 spiro atoms. The number of carbonyl (C=O) groups is 2. The summed E-state index contributed by atoms with van der Waals surface area (Å²) >= 11 is 0. The van der Waals surface area contributed by atoms with E-state index in [1.54, 1.807) is 54.6 Å². The van der Waals surface area contributed by atoms with E-state index in [0.717, 1.165) is 11.1 Å². The van der Waals surface area contributed by atoms with Gasteiger partial charge in [-0.2, -0.15) is 5.10 Å². The van der Waals surface area contributed by atoms with Crippen LogP contribution in [0.1, 0.15) is 16.7 Å². The average molecular weight is 405 g/mol. The van der Waals surface area contributed by atoms with Crippen molar-refractivity contribution in [1.82, 2.24) is 5.43 Å². The first-order chi connectivity index (χ1) is 14.5. The summed E-state index contributed by atoms with van der Waals surface area (Å²) in [6, 6.07) is 20.3. The Bertz CT molecular complexity index is 1070. The van der Waals surface area contributed by atoms with Crippen LogP contribution in [0.4, 0.5) is 10.1 Å². The number of halogens is 1. The van der Waals surface area contributed by atoms with Crippen molar-refractivity contribution in [3.63, 3.8) is 0 Å². The van der Waals surface area contributed by atoms with Crippen LogP contribution in [0.15, 0.2) is 77.9 Å². The number of ether oxygens (including phenoxy) is 1. The van der Waals surface area contributed by atoms with Crippen LogP contribution in [0.5, 0.6) is 5.75 Å². The molecule has 2 N–H and O–H groups in total. The first-order valence-corrected chi connectivity index (χ1v) is 9.18. The fourth-order valence-corrected chi connectivity index (χ4v) is 2.57. The Morgan fingerprint density at radius 3 is 2.50 bits per heavy atom. The molecule has 0 aliphatic heterocycles. The van der Waals surface area contributed by atoms with Crippen molar-refractivity contribution in [3.8, 4) is 5.75 Å². The number of amides is 2. The topological polar surface area (TPSA) is 79.8 Å². The molecule has 0 unspecified atom stereocenters. The maximum Gasteiger partial charge on any atom is 0.329 e. The normalized spacial score (nSPS) is 10.6. The van der Waals surface area contributed by atoms with E-state index < -0.39 is 11.8 Å². The predicted octanol–water partition coefficient (Wildman–Crippen LogP) is 3.80. The van der Waals surface area contributed by atoms with Gasteiger partial charge in [0.25, 0.3) is 0 Å². The molecular weight excluding hydrogens is 385 g/mol. The first-order valence-electron chi connectivity index (χ1n) is 9.18. The van der Waals surface area contributed by atoms with Gasteiger partial charge in [-0.25, -0.2) is 9.82 Å². The highest BCUT2D eigenvalue weighted by atomic mass is 19.1. The highest BCUT2D eigenvalue weighted by molar-refractivity contribution is 6.39. The SMILES string of the molecule is Cc1cccc(NC(=O)C(=O)N/N=C\c2ccc(OCc3cccc(F)c3)cc2)c1. The molecule has 0 atom stereocenters. The van der Waals surface area contributed by atoms with Crippen molar-refractivity contribution >= 4 is 23.7 Å². The smallest absolute Gasteiger partial charge is 0.329 e. The first kappa shape index (κ1) is 20.7. The van der Waals surface area contributed by atoms with Crippen molar-refractivity contribution in [3.05, 3.63) is 95.3 Å². The third kappa shape index (κ3) is 6.27. The fourth-order valence-electron chi connectivity index (χ4n) is 2.57. The Morgan fingerprint density at radius 1 is 1.00 bits per heavy atom. The summed E-state index contributed by atoms with van der Waals surface area (Å²) in [6.45, 7) is 2.13. The van der Waals surface area contributed by atoms with Crippen molar-refractivity contribution in [2.24, 2.45) is 5.10 Å². The third-order valence-corrected chi connectivity index (χ3v) is 4.04. The lowest BCUT2D eigenvalue weighted by atomic mass is 10.2. The van der Waals surface area contributed by atoms with Crippen molar-refractivity contribution in [2.75, 3.05) is 5.32 Å². The highest BCUT2D eigenvalue weighted by Crippen LogP contribution is 2.14. The number of rotatable bonds is 6. The summed E-state index contributed by atoms with van der Waals surface area (Å²) in [4.78, 5) is 23.7. The van der Waals surface area contributed by atoms with Crippen molar-refractivity contribution in [1.29, 1.82) is 0 Å². The number of nitrogens with zero attached hydrogens (tertiary/aromatic N) is 1. The average Bonchev–Trinajstić information content (AvgIpc) is 2.73. The van der Waals surface area contributed by atoms with E-state index in [2.05, 4.69) is 15.8 Å². The summed E-state index contributed by atoms with van der Waals surface area (Å²) < 4.78 is 18.8. The molecule has 0 heterocycles. The Kier molecular flexibility index (Phi) is 6.89. The van der Waals surface area contributed by atoms with Gasteiger partial charge in [0.1, 0.15) is 18.2 Å². The summed E-state index contributed by atoms with van der Waals surface area (Å²) in [5.41, 5.74) is 5.12. The fraction of sp³-hybridized carbons (Fsp3) is 0.0870. The molecule has 3 rings (SSSR count).